The molecule has 0 aliphatic heterocycles. The van der Waals surface area contributed by atoms with Crippen molar-refractivity contribution in [1.29, 1.82) is 0 Å². The van der Waals surface area contributed by atoms with Crippen LogP contribution in [0.3, 0.4) is 0 Å². The van der Waals surface area contributed by atoms with E-state index in [-0.39, 0.29) is 43.7 Å². The summed E-state index contributed by atoms with van der Waals surface area (Å²) in [5.41, 5.74) is 0. The van der Waals surface area contributed by atoms with Gasteiger partial charge in [0.1, 0.15) is 0 Å². The molecule has 2 nitrogen and oxygen atoms in total. The molecule has 0 aliphatic rings. The van der Waals surface area contributed by atoms with Crippen LogP contribution in [0.5, 0.6) is 0 Å². The van der Waals surface area contributed by atoms with E-state index < -0.39 is 90.3 Å². The Labute approximate surface area is 248 Å². The van der Waals surface area contributed by atoms with Crippen LogP contribution in [0.2, 0.25) is 13.1 Å². The molecule has 0 aromatic heterocycles. The van der Waals surface area contributed by atoms with E-state index in [1.807, 2.05) is 0 Å². The fourth-order valence-corrected chi connectivity index (χ4v) is 8.80. The maximum absolute atomic E-state index is 13.9. The van der Waals surface area contributed by atoms with Crippen LogP contribution in [0, 0.1) is 0 Å². The lowest BCUT2D eigenvalue weighted by Crippen LogP contribution is -2.60. The average Bonchev–Trinajstić information content (AvgIpc) is 2.81. The second-order valence-corrected chi connectivity index (χ2v) is 15.4. The first-order valence-corrected chi connectivity index (χ1v) is 18.0. The molecular formula is C20H20F18O2S2Si2. The second kappa shape index (κ2) is 13.3. The third-order valence-electron chi connectivity index (χ3n) is 5.81. The Kier molecular flexibility index (Phi) is 12.4. The fraction of sp³-hybridized carbons (Fsp3) is 0.700. The van der Waals surface area contributed by atoms with Crippen molar-refractivity contribution in [2.75, 3.05) is 11.5 Å². The molecule has 0 spiro atoms. The van der Waals surface area contributed by atoms with Crippen molar-refractivity contribution in [2.24, 2.45) is 0 Å². The number of halogens is 18. The molecule has 1 aromatic rings. The first kappa shape index (κ1) is 41.0. The van der Waals surface area contributed by atoms with Gasteiger partial charge in [-0.05, 0) is 35.6 Å². The van der Waals surface area contributed by atoms with Gasteiger partial charge in [-0.15, -0.1) is 23.5 Å². The van der Waals surface area contributed by atoms with E-state index >= 15 is 0 Å². The van der Waals surface area contributed by atoms with Crippen LogP contribution in [-0.2, 0) is 0 Å². The Hall–Kier alpha value is -0.986. The zero-order valence-corrected chi connectivity index (χ0v) is 25.6. The molecule has 0 fully saturated rings. The summed E-state index contributed by atoms with van der Waals surface area (Å²) in [5.74, 6) is -42.4. The fourth-order valence-electron chi connectivity index (χ4n) is 3.20. The van der Waals surface area contributed by atoms with E-state index in [2.05, 4.69) is 0 Å². The van der Waals surface area contributed by atoms with Gasteiger partial charge in [0.2, 0.25) is 18.1 Å². The smallest absolute Gasteiger partial charge is 0.431 e. The molecular weight excluding hydrogens is 734 g/mol. The summed E-state index contributed by atoms with van der Waals surface area (Å²) in [7, 11) is -6.30. The highest BCUT2D eigenvalue weighted by Gasteiger charge is 2.82. The van der Waals surface area contributed by atoms with Gasteiger partial charge in [0.25, 0.3) is 0 Å². The Morgan fingerprint density at radius 1 is 0.500 bits per heavy atom. The molecule has 2 N–H and O–H groups in total. The van der Waals surface area contributed by atoms with Crippen LogP contribution < -0.4 is 10.4 Å². The zero-order chi connectivity index (χ0) is 35.1. The number of rotatable bonds is 14. The largest absolute Gasteiger partial charge is 0.460 e. The van der Waals surface area contributed by atoms with Gasteiger partial charge in [0.15, 0.2) is 0 Å². The predicted molar refractivity (Wildman–Crippen MR) is 129 cm³/mol. The van der Waals surface area contributed by atoms with Crippen molar-refractivity contribution in [2.45, 2.75) is 83.6 Å². The van der Waals surface area contributed by atoms with Crippen LogP contribution >= 0.6 is 23.5 Å². The average molecular weight is 755 g/mol. The summed E-state index contributed by atoms with van der Waals surface area (Å²) >= 11 is 0.283. The Morgan fingerprint density at radius 2 is 0.750 bits per heavy atom. The molecule has 0 saturated carbocycles. The molecule has 2 unspecified atom stereocenters. The summed E-state index contributed by atoms with van der Waals surface area (Å²) in [6, 6.07) is 1.79. The van der Waals surface area contributed by atoms with Crippen molar-refractivity contribution in [3.8, 4) is 0 Å². The molecule has 24 heteroatoms. The van der Waals surface area contributed by atoms with Crippen LogP contribution in [0.15, 0.2) is 21.9 Å². The van der Waals surface area contributed by atoms with E-state index in [1.54, 1.807) is 0 Å². The summed E-state index contributed by atoms with van der Waals surface area (Å²) in [6.07, 6.45) is -18.6. The molecule has 0 radical (unpaired) electrons. The van der Waals surface area contributed by atoms with Gasteiger partial charge in [0, 0.05) is 34.1 Å². The summed E-state index contributed by atoms with van der Waals surface area (Å²) in [5, 5.41) is -0.459. The predicted octanol–water partition coefficient (Wildman–Crippen LogP) is 6.69. The molecule has 2 atom stereocenters. The molecule has 0 saturated heterocycles. The Bertz CT molecular complexity index is 1050. The monoisotopic (exact) mass is 754 g/mol. The highest BCUT2D eigenvalue weighted by molar-refractivity contribution is 8.00. The molecule has 0 aliphatic carbocycles. The number of hydrogen-bond donors (Lipinski definition) is 2. The summed E-state index contributed by atoms with van der Waals surface area (Å²) in [4.78, 5) is 19.7. The highest BCUT2D eigenvalue weighted by atomic mass is 32.2. The van der Waals surface area contributed by atoms with Crippen LogP contribution in [0.25, 0.3) is 0 Å². The van der Waals surface area contributed by atoms with E-state index in [4.69, 9.17) is 0 Å². The number of hydrogen-bond acceptors (Lipinski definition) is 4. The first-order chi connectivity index (χ1) is 19.3. The standard InChI is InChI=1S/C20H20F18O2S2Si2/c1-43(39)11-7-10(42-6-4-14(23,24)16(27,28)18(31,32)20(36,37)38)12(44(2)40)8-9(11)41-5-3-13(21,22)15(25,26)17(29,30)19(33,34)35/h7-8,39-40,43-44H,3-6H2,1-2H3. The number of benzene rings is 1. The van der Waals surface area contributed by atoms with E-state index in [0.717, 1.165) is 25.2 Å². The lowest BCUT2D eigenvalue weighted by molar-refractivity contribution is -0.396. The van der Waals surface area contributed by atoms with Gasteiger partial charge in [0.05, 0.1) is 0 Å². The van der Waals surface area contributed by atoms with Crippen molar-refractivity contribution in [3.05, 3.63) is 12.1 Å². The van der Waals surface area contributed by atoms with Gasteiger partial charge >= 0.3 is 47.9 Å². The second-order valence-electron chi connectivity index (χ2n) is 9.18. The first-order valence-electron chi connectivity index (χ1n) is 11.5. The molecule has 0 bridgehead atoms. The van der Waals surface area contributed by atoms with Crippen LogP contribution in [0.4, 0.5) is 79.0 Å². The van der Waals surface area contributed by atoms with Crippen molar-refractivity contribution >= 4 is 52.0 Å². The van der Waals surface area contributed by atoms with Gasteiger partial charge in [-0.3, -0.25) is 0 Å². The van der Waals surface area contributed by atoms with Crippen molar-refractivity contribution < 1.29 is 88.6 Å². The maximum Gasteiger partial charge on any atom is 0.460 e. The Balaban J connectivity index is 3.26. The maximum atomic E-state index is 13.9. The van der Waals surface area contributed by atoms with Gasteiger partial charge < -0.3 is 9.59 Å². The van der Waals surface area contributed by atoms with Crippen LogP contribution in [-0.4, -0.2) is 87.1 Å². The summed E-state index contributed by atoms with van der Waals surface area (Å²) < 4.78 is 236. The Morgan fingerprint density at radius 3 is 0.955 bits per heavy atom. The van der Waals surface area contributed by atoms with Crippen molar-refractivity contribution in [3.63, 3.8) is 0 Å². The molecule has 44 heavy (non-hydrogen) atoms. The molecule has 1 aromatic carbocycles. The SMILES string of the molecule is C[SiH](O)c1cc(SCCC(F)(F)C(F)(F)C(F)(F)C(F)(F)F)c([SiH](C)O)cc1SCCC(F)(F)C(F)(F)C(F)(F)C(F)(F)F. The number of thioether (sulfide) groups is 2. The lowest BCUT2D eigenvalue weighted by atomic mass is 10.0. The quantitative estimate of drug-likeness (QED) is 0.126. The topological polar surface area (TPSA) is 40.5 Å². The highest BCUT2D eigenvalue weighted by Crippen LogP contribution is 2.55. The molecule has 0 amide bonds. The summed E-state index contributed by atoms with van der Waals surface area (Å²) in [6.45, 7) is 2.24. The lowest BCUT2D eigenvalue weighted by Gasteiger charge is -2.33. The van der Waals surface area contributed by atoms with Crippen LogP contribution in [0.1, 0.15) is 12.8 Å². The van der Waals surface area contributed by atoms with Crippen molar-refractivity contribution in [1.82, 2.24) is 0 Å². The molecule has 1 rings (SSSR count). The van der Waals surface area contributed by atoms with E-state index in [9.17, 15) is 88.6 Å². The van der Waals surface area contributed by atoms with Gasteiger partial charge in [-0.25, -0.2) is 0 Å². The molecule has 258 valence electrons. The van der Waals surface area contributed by atoms with E-state index in [1.165, 1.54) is 0 Å². The van der Waals surface area contributed by atoms with E-state index in [0.29, 0.717) is 0 Å². The normalized spacial score (nSPS) is 16.3. The third-order valence-corrected chi connectivity index (χ3v) is 11.1. The number of alkyl halides is 18. The van der Waals surface area contributed by atoms with Gasteiger partial charge in [-0.1, -0.05) is 0 Å². The van der Waals surface area contributed by atoms with Gasteiger partial charge in [-0.2, -0.15) is 79.0 Å². The zero-order valence-electron chi connectivity index (χ0n) is 21.7. The minimum atomic E-state index is -7.13. The third kappa shape index (κ3) is 7.93. The minimum Gasteiger partial charge on any atom is -0.431 e. The molecule has 0 heterocycles. The minimum absolute atomic E-state index is 0.141.